The molecule has 0 fully saturated rings. The highest BCUT2D eigenvalue weighted by molar-refractivity contribution is 6.74. The number of hydrogen-bond acceptors (Lipinski definition) is 5. The first-order valence-corrected chi connectivity index (χ1v) is 17.7. The van der Waals surface area contributed by atoms with E-state index in [-0.39, 0.29) is 10.1 Å². The smallest absolute Gasteiger partial charge is 0.338 e. The maximum Gasteiger partial charge on any atom is 0.338 e. The number of rotatable bonds is 11. The quantitative estimate of drug-likeness (QED) is 0.205. The predicted molar refractivity (Wildman–Crippen MR) is 146 cm³/mol. The van der Waals surface area contributed by atoms with Crippen LogP contribution in [-0.4, -0.2) is 52.1 Å². The zero-order valence-corrected chi connectivity index (χ0v) is 24.8. The Morgan fingerprint density at radius 1 is 0.853 bits per heavy atom. The second kappa shape index (κ2) is 11.5. The van der Waals surface area contributed by atoms with Gasteiger partial charge in [-0.15, -0.1) is 6.58 Å². The van der Waals surface area contributed by atoms with Crippen LogP contribution in [0, 0.1) is 0 Å². The topological polar surface area (TPSA) is 65.0 Å². The molecule has 0 bridgehead atoms. The van der Waals surface area contributed by atoms with Gasteiger partial charge in [0.1, 0.15) is 18.3 Å². The molecule has 34 heavy (non-hydrogen) atoms. The van der Waals surface area contributed by atoms with E-state index in [1.54, 1.807) is 30.3 Å². The molecule has 0 spiro atoms. The molecule has 0 aliphatic carbocycles. The second-order valence-electron chi connectivity index (χ2n) is 11.9. The van der Waals surface area contributed by atoms with Gasteiger partial charge in [0.05, 0.1) is 11.7 Å². The van der Waals surface area contributed by atoms with Crippen LogP contribution in [0.1, 0.15) is 51.9 Å². The molecule has 1 aromatic carbocycles. The summed E-state index contributed by atoms with van der Waals surface area (Å²) in [6.07, 6.45) is -0.386. The lowest BCUT2D eigenvalue weighted by atomic mass is 10.0. The molecule has 4 atom stereocenters. The summed E-state index contributed by atoms with van der Waals surface area (Å²) >= 11 is 0. The average Bonchev–Trinajstić information content (AvgIpc) is 2.72. The molecule has 5 nitrogen and oxygen atoms in total. The largest absolute Gasteiger partial charge is 0.452 e. The number of ether oxygens (including phenoxy) is 1. The SMILES string of the molecule is C=C[C@H](OC(=O)c1ccccc1)[C@H](O)[C@H](O[Si](C)(C)C(C)(C)C)[C@H](C=C)O[Si](C)(C)C(C)(C)C. The standard InChI is InChI=1S/C27H46O5Si2/c1-13-21(30-25(29)20-18-16-15-17-19-20)23(28)24(32-34(11,12)27(6,7)8)22(14-2)31-33(9,10)26(3,4)5/h13-19,21-24,28H,1-2H2,3-12H3/t21-,22-,23-,24+/m0/s1. The predicted octanol–water partition coefficient (Wildman–Crippen LogP) is 6.73. The fourth-order valence-corrected chi connectivity index (χ4v) is 5.40. The van der Waals surface area contributed by atoms with Crippen molar-refractivity contribution >= 4 is 22.6 Å². The summed E-state index contributed by atoms with van der Waals surface area (Å²) in [5, 5.41) is 11.4. The highest BCUT2D eigenvalue weighted by Crippen LogP contribution is 2.41. The zero-order valence-electron chi connectivity index (χ0n) is 22.8. The van der Waals surface area contributed by atoms with Crippen molar-refractivity contribution in [2.45, 2.75) is 102 Å². The molecule has 0 unspecified atom stereocenters. The van der Waals surface area contributed by atoms with Crippen LogP contribution in [0.3, 0.4) is 0 Å². The molecule has 0 heterocycles. The molecule has 0 saturated carbocycles. The Bertz CT molecular complexity index is 822. The number of benzene rings is 1. The van der Waals surface area contributed by atoms with Gasteiger partial charge in [0.25, 0.3) is 0 Å². The van der Waals surface area contributed by atoms with Gasteiger partial charge in [0.15, 0.2) is 16.6 Å². The highest BCUT2D eigenvalue weighted by atomic mass is 28.4. The molecule has 0 amide bonds. The van der Waals surface area contributed by atoms with Gasteiger partial charge in [-0.3, -0.25) is 0 Å². The lowest BCUT2D eigenvalue weighted by Crippen LogP contribution is -2.57. The van der Waals surface area contributed by atoms with E-state index in [1.807, 2.05) is 6.07 Å². The van der Waals surface area contributed by atoms with Crippen LogP contribution >= 0.6 is 0 Å². The maximum absolute atomic E-state index is 12.7. The molecule has 1 aromatic rings. The van der Waals surface area contributed by atoms with Gasteiger partial charge in [0, 0.05) is 0 Å². The summed E-state index contributed by atoms with van der Waals surface area (Å²) in [5.74, 6) is -0.531. The first-order valence-electron chi connectivity index (χ1n) is 11.9. The average molecular weight is 507 g/mol. The number of esters is 1. The number of carbonyl (C=O) groups is 1. The summed E-state index contributed by atoms with van der Waals surface area (Å²) in [6.45, 7) is 29.3. The molecule has 0 aliphatic heterocycles. The fraction of sp³-hybridized carbons (Fsp3) is 0.593. The van der Waals surface area contributed by atoms with Crippen molar-refractivity contribution in [2.24, 2.45) is 0 Å². The van der Waals surface area contributed by atoms with Crippen LogP contribution in [0.2, 0.25) is 36.3 Å². The molecule has 0 radical (unpaired) electrons. The molecule has 1 N–H and O–H groups in total. The molecule has 0 aliphatic rings. The molecular weight excluding hydrogens is 460 g/mol. The first-order chi connectivity index (χ1) is 15.4. The van der Waals surface area contributed by atoms with Crippen molar-refractivity contribution < 1.29 is 23.5 Å². The first kappa shape index (κ1) is 30.5. The van der Waals surface area contributed by atoms with E-state index in [1.165, 1.54) is 6.08 Å². The van der Waals surface area contributed by atoms with Crippen LogP contribution in [-0.2, 0) is 13.6 Å². The number of carbonyl (C=O) groups excluding carboxylic acids is 1. The lowest BCUT2D eigenvalue weighted by molar-refractivity contribution is -0.0766. The van der Waals surface area contributed by atoms with Crippen LogP contribution < -0.4 is 0 Å². The molecular formula is C27H46O5Si2. The third-order valence-corrected chi connectivity index (χ3v) is 16.1. The Kier molecular flexibility index (Phi) is 10.3. The van der Waals surface area contributed by atoms with Gasteiger partial charge >= 0.3 is 5.97 Å². The molecule has 0 aromatic heterocycles. The second-order valence-corrected chi connectivity index (χ2v) is 21.4. The number of hydrogen-bond donors (Lipinski definition) is 1. The van der Waals surface area contributed by atoms with Crippen LogP contribution in [0.25, 0.3) is 0 Å². The van der Waals surface area contributed by atoms with Gasteiger partial charge in [-0.2, -0.15) is 0 Å². The van der Waals surface area contributed by atoms with Gasteiger partial charge in [-0.25, -0.2) is 4.79 Å². The lowest BCUT2D eigenvalue weighted by Gasteiger charge is -2.46. The zero-order chi connectivity index (χ0) is 26.5. The van der Waals surface area contributed by atoms with Gasteiger partial charge in [-0.05, 0) is 54.5 Å². The van der Waals surface area contributed by atoms with Crippen molar-refractivity contribution in [2.75, 3.05) is 0 Å². The van der Waals surface area contributed by atoms with E-state index in [0.29, 0.717) is 5.56 Å². The third-order valence-electron chi connectivity index (χ3n) is 7.19. The Morgan fingerprint density at radius 2 is 1.29 bits per heavy atom. The third kappa shape index (κ3) is 7.75. The fourth-order valence-electron chi connectivity index (χ4n) is 2.82. The molecule has 0 saturated heterocycles. The van der Waals surface area contributed by atoms with Crippen LogP contribution in [0.5, 0.6) is 0 Å². The van der Waals surface area contributed by atoms with E-state index in [0.717, 1.165) is 0 Å². The van der Waals surface area contributed by atoms with Gasteiger partial charge in [0.2, 0.25) is 0 Å². The van der Waals surface area contributed by atoms with E-state index < -0.39 is 47.0 Å². The molecule has 192 valence electrons. The number of aliphatic hydroxyl groups excluding tert-OH is 1. The summed E-state index contributed by atoms with van der Waals surface area (Å²) in [6, 6.07) is 8.70. The maximum atomic E-state index is 12.7. The van der Waals surface area contributed by atoms with Crippen molar-refractivity contribution in [3.05, 3.63) is 61.2 Å². The summed E-state index contributed by atoms with van der Waals surface area (Å²) in [4.78, 5) is 12.7. The normalized spacial score (nSPS) is 16.8. The Hall–Kier alpha value is -1.52. The summed E-state index contributed by atoms with van der Waals surface area (Å²) < 4.78 is 19.1. The monoisotopic (exact) mass is 506 g/mol. The Labute approximate surface area is 209 Å². The van der Waals surface area contributed by atoms with Crippen LogP contribution in [0.15, 0.2) is 55.6 Å². The highest BCUT2D eigenvalue weighted by Gasteiger charge is 2.47. The van der Waals surface area contributed by atoms with Crippen LogP contribution in [0.4, 0.5) is 0 Å². The van der Waals surface area contributed by atoms with Crippen molar-refractivity contribution in [3.8, 4) is 0 Å². The summed E-state index contributed by atoms with van der Waals surface area (Å²) in [7, 11) is -4.57. The minimum Gasteiger partial charge on any atom is -0.452 e. The van der Waals surface area contributed by atoms with E-state index in [4.69, 9.17) is 13.6 Å². The Morgan fingerprint density at radius 3 is 1.71 bits per heavy atom. The number of aliphatic hydroxyl groups is 1. The van der Waals surface area contributed by atoms with Gasteiger partial charge < -0.3 is 18.7 Å². The van der Waals surface area contributed by atoms with Crippen molar-refractivity contribution in [1.29, 1.82) is 0 Å². The van der Waals surface area contributed by atoms with E-state index in [9.17, 15) is 9.90 Å². The van der Waals surface area contributed by atoms with Gasteiger partial charge in [-0.1, -0.05) is 72.4 Å². The minimum atomic E-state index is -2.34. The Balaban J connectivity index is 3.36. The molecule has 7 heteroatoms. The van der Waals surface area contributed by atoms with E-state index in [2.05, 4.69) is 80.9 Å². The van der Waals surface area contributed by atoms with Crippen molar-refractivity contribution in [3.63, 3.8) is 0 Å². The molecule has 1 rings (SSSR count). The van der Waals surface area contributed by atoms with E-state index >= 15 is 0 Å². The minimum absolute atomic E-state index is 0.0433. The summed E-state index contributed by atoms with van der Waals surface area (Å²) in [5.41, 5.74) is 0.404. The van der Waals surface area contributed by atoms with Crippen molar-refractivity contribution in [1.82, 2.24) is 0 Å².